The molecule has 0 amide bonds. The lowest BCUT2D eigenvalue weighted by Gasteiger charge is -2.05. The molecule has 0 bridgehead atoms. The van der Waals surface area contributed by atoms with Crippen LogP contribution in [0.1, 0.15) is 32.1 Å². The molecule has 0 saturated heterocycles. The zero-order valence-corrected chi connectivity index (χ0v) is 5.94. The molecule has 0 aromatic heterocycles. The third kappa shape index (κ3) is 2.36. The Balaban J connectivity index is 0.000000490. The van der Waals surface area contributed by atoms with Crippen molar-refractivity contribution in [2.45, 2.75) is 32.1 Å². The van der Waals surface area contributed by atoms with Gasteiger partial charge in [-0.05, 0) is 12.8 Å². The first kappa shape index (κ1) is 8.02. The minimum Gasteiger partial charge on any atom is -0.300 e. The highest BCUT2D eigenvalue weighted by atomic mass is 32.1. The molecule has 1 nitrogen and oxygen atoms in total. The normalized spacial score (nSPS) is 19.8. The van der Waals surface area contributed by atoms with Crippen molar-refractivity contribution in [3.63, 3.8) is 0 Å². The van der Waals surface area contributed by atoms with E-state index in [2.05, 4.69) is 0 Å². The summed E-state index contributed by atoms with van der Waals surface area (Å²) in [4.78, 5) is 10.5. The molecule has 1 saturated carbocycles. The fraction of sp³-hybridized carbons (Fsp3) is 0.833. The van der Waals surface area contributed by atoms with Crippen LogP contribution in [0.25, 0.3) is 0 Å². The maximum Gasteiger partial charge on any atom is 0.132 e. The molecule has 2 heteroatoms. The predicted molar refractivity (Wildman–Crippen MR) is 38.5 cm³/mol. The zero-order valence-electron chi connectivity index (χ0n) is 4.94. The predicted octanol–water partition coefficient (Wildman–Crippen LogP) is 1.63. The van der Waals surface area contributed by atoms with Gasteiger partial charge in [-0.3, -0.25) is 4.79 Å². The summed E-state index contributed by atoms with van der Waals surface area (Å²) in [6.45, 7) is 0. The molecule has 0 radical (unpaired) electrons. The Kier molecular flexibility index (Phi) is 3.97. The summed E-state index contributed by atoms with van der Waals surface area (Å²) in [7, 11) is 0. The van der Waals surface area contributed by atoms with E-state index in [9.17, 15) is 4.79 Å². The first-order valence-corrected chi connectivity index (χ1v) is 2.91. The number of carbonyl (C=O) groups is 1. The number of carbonyl (C=O) groups excluding carboxylic acids is 1. The highest BCUT2D eigenvalue weighted by Gasteiger charge is 2.05. The molecule has 48 valence electrons. The van der Waals surface area contributed by atoms with Gasteiger partial charge in [0.25, 0.3) is 0 Å². The lowest BCUT2D eigenvalue weighted by atomic mass is 10.00. The molecule has 0 heterocycles. The molecule has 0 spiro atoms. The summed E-state index contributed by atoms with van der Waals surface area (Å²) in [6, 6.07) is 0. The van der Waals surface area contributed by atoms with Gasteiger partial charge in [0.15, 0.2) is 0 Å². The monoisotopic (exact) mass is 132 g/mol. The summed E-state index contributed by atoms with van der Waals surface area (Å²) >= 11 is 0. The van der Waals surface area contributed by atoms with Gasteiger partial charge < -0.3 is 0 Å². The van der Waals surface area contributed by atoms with E-state index in [1.807, 2.05) is 0 Å². The van der Waals surface area contributed by atoms with Crippen LogP contribution in [-0.2, 0) is 4.79 Å². The average Bonchev–Trinajstić information content (AvgIpc) is 1.69. The fourth-order valence-electron chi connectivity index (χ4n) is 0.946. The molecule has 0 N–H and O–H groups in total. The molecular formula is C6H12OS. The molecule has 0 unspecified atom stereocenters. The van der Waals surface area contributed by atoms with Crippen LogP contribution in [-0.4, -0.2) is 5.78 Å². The SMILES string of the molecule is O=C1CCCCC1.S. The Morgan fingerprint density at radius 2 is 1.50 bits per heavy atom. The molecule has 1 aliphatic rings. The van der Waals surface area contributed by atoms with Crippen molar-refractivity contribution < 1.29 is 4.79 Å². The first-order chi connectivity index (χ1) is 3.39. The van der Waals surface area contributed by atoms with Crippen LogP contribution in [0.15, 0.2) is 0 Å². The quantitative estimate of drug-likeness (QED) is 0.489. The Bertz CT molecular complexity index is 72.6. The van der Waals surface area contributed by atoms with Gasteiger partial charge in [-0.1, -0.05) is 6.42 Å². The molecule has 8 heavy (non-hydrogen) atoms. The molecule has 1 aliphatic carbocycles. The smallest absolute Gasteiger partial charge is 0.132 e. The largest absolute Gasteiger partial charge is 0.300 e. The Labute approximate surface area is 56.9 Å². The van der Waals surface area contributed by atoms with Crippen molar-refractivity contribution in [2.75, 3.05) is 0 Å². The summed E-state index contributed by atoms with van der Waals surface area (Å²) in [5, 5.41) is 0. The molecule has 0 aromatic carbocycles. The second-order valence-corrected chi connectivity index (χ2v) is 2.10. The van der Waals surface area contributed by atoms with Gasteiger partial charge in [-0.25, -0.2) is 0 Å². The van der Waals surface area contributed by atoms with E-state index in [0.29, 0.717) is 5.78 Å². The van der Waals surface area contributed by atoms with Crippen molar-refractivity contribution in [1.82, 2.24) is 0 Å². The maximum atomic E-state index is 10.5. The van der Waals surface area contributed by atoms with E-state index in [0.717, 1.165) is 25.7 Å². The van der Waals surface area contributed by atoms with E-state index in [1.165, 1.54) is 6.42 Å². The van der Waals surface area contributed by atoms with Crippen LogP contribution in [0, 0.1) is 0 Å². The summed E-state index contributed by atoms with van der Waals surface area (Å²) < 4.78 is 0. The standard InChI is InChI=1S/C6H10O.H2S/c7-6-4-2-1-3-5-6;/h1-5H2;1H2. The fourth-order valence-corrected chi connectivity index (χ4v) is 0.946. The third-order valence-electron chi connectivity index (χ3n) is 1.41. The van der Waals surface area contributed by atoms with E-state index in [4.69, 9.17) is 0 Å². The van der Waals surface area contributed by atoms with Crippen LogP contribution in [0.2, 0.25) is 0 Å². The van der Waals surface area contributed by atoms with Crippen molar-refractivity contribution in [1.29, 1.82) is 0 Å². The Hall–Kier alpha value is 0.0200. The number of hydrogen-bond donors (Lipinski definition) is 0. The van der Waals surface area contributed by atoms with E-state index in [-0.39, 0.29) is 13.5 Å². The number of hydrogen-bond acceptors (Lipinski definition) is 1. The van der Waals surface area contributed by atoms with Gasteiger partial charge in [0.05, 0.1) is 0 Å². The zero-order chi connectivity index (χ0) is 5.11. The molecule has 0 aliphatic heterocycles. The molecular weight excluding hydrogens is 120 g/mol. The lowest BCUT2D eigenvalue weighted by Crippen LogP contribution is -2.02. The van der Waals surface area contributed by atoms with Gasteiger partial charge in [0.2, 0.25) is 0 Å². The van der Waals surface area contributed by atoms with Crippen LogP contribution in [0.5, 0.6) is 0 Å². The molecule has 1 fully saturated rings. The number of rotatable bonds is 0. The highest BCUT2D eigenvalue weighted by Crippen LogP contribution is 2.12. The number of Topliss-reactive ketones (excluding diaryl/α,β-unsaturated/α-hetero) is 1. The van der Waals surface area contributed by atoms with Gasteiger partial charge in [-0.2, -0.15) is 13.5 Å². The van der Waals surface area contributed by atoms with Crippen molar-refractivity contribution in [3.05, 3.63) is 0 Å². The van der Waals surface area contributed by atoms with Crippen LogP contribution >= 0.6 is 13.5 Å². The van der Waals surface area contributed by atoms with E-state index < -0.39 is 0 Å². The summed E-state index contributed by atoms with van der Waals surface area (Å²) in [5.74, 6) is 0.464. The van der Waals surface area contributed by atoms with E-state index >= 15 is 0 Å². The van der Waals surface area contributed by atoms with Crippen molar-refractivity contribution >= 4 is 19.3 Å². The Morgan fingerprint density at radius 1 is 1.00 bits per heavy atom. The van der Waals surface area contributed by atoms with Gasteiger partial charge in [0.1, 0.15) is 5.78 Å². The second kappa shape index (κ2) is 3.96. The van der Waals surface area contributed by atoms with Crippen LogP contribution in [0.3, 0.4) is 0 Å². The Morgan fingerprint density at radius 3 is 1.75 bits per heavy atom. The summed E-state index contributed by atoms with van der Waals surface area (Å²) in [6.07, 6.45) is 5.24. The minimum absolute atomic E-state index is 0. The maximum absolute atomic E-state index is 10.5. The lowest BCUT2D eigenvalue weighted by molar-refractivity contribution is -0.120. The topological polar surface area (TPSA) is 17.1 Å². The molecule has 0 aromatic rings. The van der Waals surface area contributed by atoms with Crippen molar-refractivity contribution in [3.8, 4) is 0 Å². The van der Waals surface area contributed by atoms with Gasteiger partial charge in [-0.15, -0.1) is 0 Å². The van der Waals surface area contributed by atoms with E-state index in [1.54, 1.807) is 0 Å². The second-order valence-electron chi connectivity index (χ2n) is 2.10. The third-order valence-corrected chi connectivity index (χ3v) is 1.41. The van der Waals surface area contributed by atoms with Gasteiger partial charge >= 0.3 is 0 Å². The van der Waals surface area contributed by atoms with Gasteiger partial charge in [0, 0.05) is 12.8 Å². The number of ketones is 1. The van der Waals surface area contributed by atoms with Crippen LogP contribution in [0.4, 0.5) is 0 Å². The highest BCUT2D eigenvalue weighted by molar-refractivity contribution is 7.59. The minimum atomic E-state index is 0. The average molecular weight is 132 g/mol. The molecule has 1 rings (SSSR count). The van der Waals surface area contributed by atoms with Crippen molar-refractivity contribution in [2.24, 2.45) is 0 Å². The molecule has 0 atom stereocenters. The van der Waals surface area contributed by atoms with Crippen LogP contribution < -0.4 is 0 Å². The summed E-state index contributed by atoms with van der Waals surface area (Å²) in [5.41, 5.74) is 0. The first-order valence-electron chi connectivity index (χ1n) is 2.91.